The molecule has 0 saturated carbocycles. The zero-order valence-electron chi connectivity index (χ0n) is 18.0. The van der Waals surface area contributed by atoms with Gasteiger partial charge < -0.3 is 20.8 Å². The number of nitrogens with two attached hydrogens (primary N) is 1. The second-order valence-electron chi connectivity index (χ2n) is 6.69. The average Bonchev–Trinajstić information content (AvgIpc) is 3.15. The summed E-state index contributed by atoms with van der Waals surface area (Å²) >= 11 is 1.24. The number of ether oxygens (including phenoxy) is 1. The number of aromatic nitrogens is 3. The van der Waals surface area contributed by atoms with Crippen LogP contribution in [0.1, 0.15) is 20.8 Å². The lowest BCUT2D eigenvalue weighted by molar-refractivity contribution is -0.113. The Labute approximate surface area is 186 Å². The number of carbonyl (C=O) groups is 1. The Hall–Kier alpha value is -3.20. The highest BCUT2D eigenvalue weighted by Gasteiger charge is 2.14. The van der Waals surface area contributed by atoms with Gasteiger partial charge in [0.2, 0.25) is 11.1 Å². The predicted molar refractivity (Wildman–Crippen MR) is 126 cm³/mol. The molecule has 0 unspecified atom stereocenters. The second kappa shape index (κ2) is 10.7. The van der Waals surface area contributed by atoms with Crippen molar-refractivity contribution in [2.75, 3.05) is 41.5 Å². The number of nitrogens with one attached hydrogen (secondary N) is 1. The van der Waals surface area contributed by atoms with Gasteiger partial charge in [-0.3, -0.25) is 4.79 Å². The van der Waals surface area contributed by atoms with Crippen LogP contribution in [0, 0.1) is 0 Å². The minimum atomic E-state index is -0.133. The van der Waals surface area contributed by atoms with Crippen molar-refractivity contribution in [2.45, 2.75) is 25.9 Å². The average molecular weight is 441 g/mol. The number of rotatable bonds is 10. The van der Waals surface area contributed by atoms with Crippen LogP contribution in [0.15, 0.2) is 53.7 Å². The van der Waals surface area contributed by atoms with Crippen LogP contribution >= 0.6 is 11.8 Å². The Kier molecular flexibility index (Phi) is 7.77. The molecular weight excluding hydrogens is 412 g/mol. The van der Waals surface area contributed by atoms with Crippen LogP contribution in [-0.2, 0) is 4.79 Å². The summed E-state index contributed by atoms with van der Waals surface area (Å²) in [6, 6.07) is 15.3. The van der Waals surface area contributed by atoms with E-state index in [9.17, 15) is 4.79 Å². The first-order valence-corrected chi connectivity index (χ1v) is 11.3. The number of benzene rings is 2. The van der Waals surface area contributed by atoms with Crippen LogP contribution in [0.4, 0.5) is 11.4 Å². The van der Waals surface area contributed by atoms with Gasteiger partial charge in [0.25, 0.3) is 0 Å². The molecule has 164 valence electrons. The molecule has 1 amide bonds. The molecule has 31 heavy (non-hydrogen) atoms. The van der Waals surface area contributed by atoms with Crippen LogP contribution in [-0.4, -0.2) is 46.2 Å². The number of amides is 1. The van der Waals surface area contributed by atoms with Crippen molar-refractivity contribution >= 4 is 29.0 Å². The van der Waals surface area contributed by atoms with Gasteiger partial charge in [0.1, 0.15) is 5.75 Å². The van der Waals surface area contributed by atoms with Gasteiger partial charge in [-0.05, 0) is 69.3 Å². The molecule has 0 spiro atoms. The van der Waals surface area contributed by atoms with Crippen molar-refractivity contribution in [3.63, 3.8) is 0 Å². The number of carbonyl (C=O) groups excluding carboxylic acids is 1. The lowest BCUT2D eigenvalue weighted by atomic mass is 10.2. The molecule has 0 fully saturated rings. The number of thioether (sulfide) groups is 1. The molecule has 0 aliphatic heterocycles. The highest BCUT2D eigenvalue weighted by Crippen LogP contribution is 2.24. The first kappa shape index (κ1) is 22.5. The molecule has 3 N–H and O–H groups in total. The lowest BCUT2D eigenvalue weighted by Crippen LogP contribution is -2.21. The molecule has 0 bridgehead atoms. The number of hydrogen-bond donors (Lipinski definition) is 2. The number of nitrogen functional groups attached to an aromatic ring is 1. The van der Waals surface area contributed by atoms with Crippen LogP contribution in [0.2, 0.25) is 0 Å². The molecule has 1 aromatic heterocycles. The standard InChI is InChI=1S/C22H28N6O2S/c1-4-27(5-2)18-11-9-17(10-12-18)24-20(29)15-31-22-26-25-21(28(22)23)16-7-13-19(14-8-16)30-6-3/h7-14H,4-6,15,23H2,1-3H3,(H,24,29). The molecule has 0 aliphatic rings. The fourth-order valence-corrected chi connectivity index (χ4v) is 3.77. The van der Waals surface area contributed by atoms with Gasteiger partial charge in [-0.2, -0.15) is 0 Å². The summed E-state index contributed by atoms with van der Waals surface area (Å²) in [6.07, 6.45) is 0. The monoisotopic (exact) mass is 440 g/mol. The van der Waals surface area contributed by atoms with E-state index in [1.165, 1.54) is 16.4 Å². The van der Waals surface area contributed by atoms with Gasteiger partial charge in [0.05, 0.1) is 12.4 Å². The summed E-state index contributed by atoms with van der Waals surface area (Å²) in [7, 11) is 0. The van der Waals surface area contributed by atoms with Crippen LogP contribution in [0.25, 0.3) is 11.4 Å². The third-order valence-electron chi connectivity index (χ3n) is 4.70. The largest absolute Gasteiger partial charge is 0.494 e. The van der Waals surface area contributed by atoms with Gasteiger partial charge >= 0.3 is 0 Å². The van der Waals surface area contributed by atoms with Crippen LogP contribution in [0.3, 0.4) is 0 Å². The summed E-state index contributed by atoms with van der Waals surface area (Å²) < 4.78 is 6.85. The van der Waals surface area contributed by atoms with Gasteiger partial charge in [-0.25, -0.2) is 4.68 Å². The maximum absolute atomic E-state index is 12.3. The molecule has 3 aromatic rings. The van der Waals surface area contributed by atoms with Gasteiger partial charge in [0, 0.05) is 30.0 Å². The smallest absolute Gasteiger partial charge is 0.234 e. The van der Waals surface area contributed by atoms with E-state index in [1.54, 1.807) is 0 Å². The number of hydrogen-bond acceptors (Lipinski definition) is 7. The summed E-state index contributed by atoms with van der Waals surface area (Å²) in [5.41, 5.74) is 2.71. The Bertz CT molecular complexity index is 984. The van der Waals surface area contributed by atoms with Gasteiger partial charge in [0.15, 0.2) is 5.82 Å². The van der Waals surface area contributed by atoms with E-state index < -0.39 is 0 Å². The molecule has 9 heteroatoms. The topological polar surface area (TPSA) is 98.3 Å². The van der Waals surface area contributed by atoms with Crippen molar-refractivity contribution in [1.82, 2.24) is 14.9 Å². The third-order valence-corrected chi connectivity index (χ3v) is 5.64. The molecule has 0 aliphatic carbocycles. The van der Waals surface area contributed by atoms with E-state index in [1.807, 2.05) is 55.5 Å². The highest BCUT2D eigenvalue weighted by atomic mass is 32.2. The Morgan fingerprint density at radius 1 is 1.06 bits per heavy atom. The van der Waals surface area contributed by atoms with E-state index >= 15 is 0 Å². The minimum Gasteiger partial charge on any atom is -0.494 e. The fourth-order valence-electron chi connectivity index (χ4n) is 3.11. The zero-order valence-corrected chi connectivity index (χ0v) is 18.9. The number of anilines is 2. The second-order valence-corrected chi connectivity index (χ2v) is 7.63. The predicted octanol–water partition coefficient (Wildman–Crippen LogP) is 3.63. The van der Waals surface area contributed by atoms with E-state index in [-0.39, 0.29) is 11.7 Å². The molecule has 0 saturated heterocycles. The maximum Gasteiger partial charge on any atom is 0.234 e. The number of nitrogens with zero attached hydrogens (tertiary/aromatic N) is 4. The third kappa shape index (κ3) is 5.69. The molecule has 2 aromatic carbocycles. The lowest BCUT2D eigenvalue weighted by Gasteiger charge is -2.21. The summed E-state index contributed by atoms with van der Waals surface area (Å²) in [5.74, 6) is 7.50. The van der Waals surface area contributed by atoms with Gasteiger partial charge in [-0.15, -0.1) is 10.2 Å². The van der Waals surface area contributed by atoms with E-state index in [0.717, 1.165) is 35.8 Å². The normalized spacial score (nSPS) is 10.7. The Morgan fingerprint density at radius 2 is 1.74 bits per heavy atom. The molecule has 1 heterocycles. The van der Waals surface area contributed by atoms with Crippen LogP contribution < -0.4 is 20.8 Å². The van der Waals surface area contributed by atoms with Crippen molar-refractivity contribution in [1.29, 1.82) is 0 Å². The Morgan fingerprint density at radius 3 is 2.35 bits per heavy atom. The first-order valence-electron chi connectivity index (χ1n) is 10.3. The zero-order chi connectivity index (χ0) is 22.2. The van der Waals surface area contributed by atoms with Crippen molar-refractivity contribution in [3.05, 3.63) is 48.5 Å². The van der Waals surface area contributed by atoms with Crippen molar-refractivity contribution < 1.29 is 9.53 Å². The first-order chi connectivity index (χ1) is 15.0. The maximum atomic E-state index is 12.3. The summed E-state index contributed by atoms with van der Waals surface area (Å²) in [6.45, 7) is 8.66. The molecule has 3 rings (SSSR count). The Balaban J connectivity index is 1.57. The van der Waals surface area contributed by atoms with E-state index in [4.69, 9.17) is 10.6 Å². The molecule has 0 radical (unpaired) electrons. The summed E-state index contributed by atoms with van der Waals surface area (Å²) in [4.78, 5) is 14.6. The SMILES string of the molecule is CCOc1ccc(-c2nnc(SCC(=O)Nc3ccc(N(CC)CC)cc3)n2N)cc1. The van der Waals surface area contributed by atoms with Crippen molar-refractivity contribution in [2.24, 2.45) is 0 Å². The minimum absolute atomic E-state index is 0.133. The molecular formula is C22H28N6O2S. The van der Waals surface area contributed by atoms with E-state index in [0.29, 0.717) is 17.6 Å². The summed E-state index contributed by atoms with van der Waals surface area (Å²) in [5, 5.41) is 11.6. The van der Waals surface area contributed by atoms with Gasteiger partial charge in [-0.1, -0.05) is 11.8 Å². The van der Waals surface area contributed by atoms with Crippen LogP contribution in [0.5, 0.6) is 5.75 Å². The molecule has 0 atom stereocenters. The van der Waals surface area contributed by atoms with Crippen molar-refractivity contribution in [3.8, 4) is 17.1 Å². The fraction of sp³-hybridized carbons (Fsp3) is 0.318. The van der Waals surface area contributed by atoms with E-state index in [2.05, 4.69) is 34.3 Å². The highest BCUT2D eigenvalue weighted by molar-refractivity contribution is 7.99. The molecule has 8 nitrogen and oxygen atoms in total. The quantitative estimate of drug-likeness (QED) is 0.367.